The highest BCUT2D eigenvalue weighted by Crippen LogP contribution is 2.09. The molecule has 2 aromatic rings. The van der Waals surface area contributed by atoms with Crippen LogP contribution in [0.2, 0.25) is 0 Å². The van der Waals surface area contributed by atoms with Crippen LogP contribution < -0.4 is 11.1 Å². The molecule has 0 saturated heterocycles. The van der Waals surface area contributed by atoms with Crippen LogP contribution in [0.15, 0.2) is 47.2 Å². The third kappa shape index (κ3) is 3.15. The summed E-state index contributed by atoms with van der Waals surface area (Å²) in [7, 11) is 0. The quantitative estimate of drug-likeness (QED) is 0.868. The van der Waals surface area contributed by atoms with Gasteiger partial charge in [0, 0.05) is 23.5 Å². The lowest BCUT2D eigenvalue weighted by molar-refractivity contribution is 0.0951. The second-order valence-electron chi connectivity index (χ2n) is 3.74. The van der Waals surface area contributed by atoms with E-state index in [0.717, 1.165) is 5.56 Å². The zero-order valence-corrected chi connectivity index (χ0v) is 10.1. The van der Waals surface area contributed by atoms with Crippen LogP contribution in [-0.2, 0) is 0 Å². The van der Waals surface area contributed by atoms with Gasteiger partial charge >= 0.3 is 0 Å². The van der Waals surface area contributed by atoms with Crippen molar-refractivity contribution in [1.82, 2.24) is 5.32 Å². The van der Waals surface area contributed by atoms with Crippen LogP contribution in [0.5, 0.6) is 0 Å². The molecule has 1 aromatic heterocycles. The van der Waals surface area contributed by atoms with Gasteiger partial charge in [-0.2, -0.15) is 11.3 Å². The van der Waals surface area contributed by atoms with Crippen LogP contribution in [0.1, 0.15) is 22.0 Å². The van der Waals surface area contributed by atoms with Crippen LogP contribution in [0.25, 0.3) is 0 Å². The average molecular weight is 246 g/mol. The first-order chi connectivity index (χ1) is 8.27. The van der Waals surface area contributed by atoms with E-state index in [9.17, 15) is 4.79 Å². The number of nitrogens with two attached hydrogens (primary N) is 1. The number of benzene rings is 1. The molecule has 1 amide bonds. The van der Waals surface area contributed by atoms with Crippen molar-refractivity contribution in [3.63, 3.8) is 0 Å². The number of amides is 1. The molecule has 3 N–H and O–H groups in total. The Morgan fingerprint density at radius 2 is 2.06 bits per heavy atom. The maximum Gasteiger partial charge on any atom is 0.252 e. The highest BCUT2D eigenvalue weighted by atomic mass is 32.1. The Labute approximate surface area is 104 Å². The molecule has 0 bridgehead atoms. The van der Waals surface area contributed by atoms with Gasteiger partial charge in [-0.3, -0.25) is 4.79 Å². The first kappa shape index (κ1) is 11.8. The molecule has 0 radical (unpaired) electrons. The van der Waals surface area contributed by atoms with Gasteiger partial charge in [0.15, 0.2) is 0 Å². The molecule has 0 aliphatic rings. The molecule has 0 fully saturated rings. The van der Waals surface area contributed by atoms with Gasteiger partial charge in [-0.1, -0.05) is 30.3 Å². The van der Waals surface area contributed by atoms with Crippen molar-refractivity contribution >= 4 is 17.2 Å². The molecular weight excluding hydrogens is 232 g/mol. The fourth-order valence-corrected chi connectivity index (χ4v) is 2.15. The lowest BCUT2D eigenvalue weighted by atomic mass is 10.1. The highest BCUT2D eigenvalue weighted by molar-refractivity contribution is 7.08. The minimum absolute atomic E-state index is 0.0716. The molecule has 4 heteroatoms. The van der Waals surface area contributed by atoms with Crippen LogP contribution in [0.3, 0.4) is 0 Å². The smallest absolute Gasteiger partial charge is 0.252 e. The van der Waals surface area contributed by atoms with E-state index in [1.165, 1.54) is 11.3 Å². The summed E-state index contributed by atoms with van der Waals surface area (Å²) in [6.07, 6.45) is 0. The van der Waals surface area contributed by atoms with Crippen molar-refractivity contribution in [3.8, 4) is 0 Å². The van der Waals surface area contributed by atoms with Crippen molar-refractivity contribution in [3.05, 3.63) is 58.3 Å². The summed E-state index contributed by atoms with van der Waals surface area (Å²) in [5, 5.41) is 6.53. The van der Waals surface area contributed by atoms with E-state index in [1.807, 2.05) is 41.1 Å². The largest absolute Gasteiger partial charge is 0.350 e. The third-order valence-corrected chi connectivity index (χ3v) is 3.18. The lowest BCUT2D eigenvalue weighted by Gasteiger charge is -2.12. The SMILES string of the molecule is NC(CNC(=O)c1ccsc1)c1ccccc1. The Kier molecular flexibility index (Phi) is 3.90. The number of hydrogen-bond acceptors (Lipinski definition) is 3. The monoisotopic (exact) mass is 246 g/mol. The Balaban J connectivity index is 1.89. The highest BCUT2D eigenvalue weighted by Gasteiger charge is 2.09. The first-order valence-corrected chi connectivity index (χ1v) is 6.32. The Morgan fingerprint density at radius 3 is 2.71 bits per heavy atom. The molecule has 1 heterocycles. The summed E-state index contributed by atoms with van der Waals surface area (Å²) in [6, 6.07) is 11.4. The van der Waals surface area contributed by atoms with Gasteiger partial charge < -0.3 is 11.1 Å². The predicted molar refractivity (Wildman–Crippen MR) is 70.0 cm³/mol. The van der Waals surface area contributed by atoms with E-state index in [1.54, 1.807) is 6.07 Å². The zero-order valence-electron chi connectivity index (χ0n) is 9.30. The molecule has 17 heavy (non-hydrogen) atoms. The maximum atomic E-state index is 11.7. The molecule has 0 spiro atoms. The summed E-state index contributed by atoms with van der Waals surface area (Å²) in [6.45, 7) is 0.443. The lowest BCUT2D eigenvalue weighted by Crippen LogP contribution is -2.31. The maximum absolute atomic E-state index is 11.7. The molecule has 0 aliphatic carbocycles. The van der Waals surface area contributed by atoms with E-state index in [-0.39, 0.29) is 11.9 Å². The minimum atomic E-state index is -0.168. The molecule has 1 aromatic carbocycles. The first-order valence-electron chi connectivity index (χ1n) is 5.38. The molecule has 1 atom stereocenters. The number of carbonyl (C=O) groups excluding carboxylic acids is 1. The van der Waals surface area contributed by atoms with Crippen molar-refractivity contribution < 1.29 is 4.79 Å². The fourth-order valence-electron chi connectivity index (χ4n) is 1.52. The number of thiophene rings is 1. The number of carbonyl (C=O) groups is 1. The average Bonchev–Trinajstić information content (AvgIpc) is 2.90. The van der Waals surface area contributed by atoms with Gasteiger partial charge in [-0.15, -0.1) is 0 Å². The zero-order chi connectivity index (χ0) is 12.1. The summed E-state index contributed by atoms with van der Waals surface area (Å²) in [5.74, 6) is -0.0716. The van der Waals surface area contributed by atoms with Crippen molar-refractivity contribution in [2.75, 3.05) is 6.54 Å². The Bertz CT molecular complexity index is 467. The molecule has 1 unspecified atom stereocenters. The van der Waals surface area contributed by atoms with Crippen LogP contribution in [-0.4, -0.2) is 12.5 Å². The van der Waals surface area contributed by atoms with Gasteiger partial charge in [0.05, 0.1) is 0 Å². The van der Waals surface area contributed by atoms with Gasteiger partial charge in [0.25, 0.3) is 5.91 Å². The topological polar surface area (TPSA) is 55.1 Å². The fraction of sp³-hybridized carbons (Fsp3) is 0.154. The van der Waals surface area contributed by atoms with Crippen LogP contribution in [0.4, 0.5) is 0 Å². The number of hydrogen-bond donors (Lipinski definition) is 2. The molecule has 2 rings (SSSR count). The second kappa shape index (κ2) is 5.61. The molecule has 3 nitrogen and oxygen atoms in total. The Hall–Kier alpha value is -1.65. The van der Waals surface area contributed by atoms with Gasteiger partial charge in [0.2, 0.25) is 0 Å². The van der Waals surface area contributed by atoms with Gasteiger partial charge in [-0.25, -0.2) is 0 Å². The summed E-state index contributed by atoms with van der Waals surface area (Å²) in [5.41, 5.74) is 7.70. The van der Waals surface area contributed by atoms with Crippen molar-refractivity contribution in [2.45, 2.75) is 6.04 Å². The standard InChI is InChI=1S/C13H14N2OS/c14-12(10-4-2-1-3-5-10)8-15-13(16)11-6-7-17-9-11/h1-7,9,12H,8,14H2,(H,15,16). The van der Waals surface area contributed by atoms with E-state index in [2.05, 4.69) is 5.32 Å². The Morgan fingerprint density at radius 1 is 1.29 bits per heavy atom. The van der Waals surface area contributed by atoms with Crippen molar-refractivity contribution in [2.24, 2.45) is 5.73 Å². The minimum Gasteiger partial charge on any atom is -0.350 e. The molecule has 88 valence electrons. The van der Waals surface area contributed by atoms with E-state index in [0.29, 0.717) is 12.1 Å². The summed E-state index contributed by atoms with van der Waals surface area (Å²) >= 11 is 1.51. The molecule has 0 saturated carbocycles. The molecular formula is C13H14N2OS. The van der Waals surface area contributed by atoms with Gasteiger partial charge in [0.1, 0.15) is 0 Å². The van der Waals surface area contributed by atoms with Crippen molar-refractivity contribution in [1.29, 1.82) is 0 Å². The van der Waals surface area contributed by atoms with E-state index < -0.39 is 0 Å². The molecule has 0 aliphatic heterocycles. The summed E-state index contributed by atoms with van der Waals surface area (Å²) < 4.78 is 0. The van der Waals surface area contributed by atoms with Crippen LogP contribution >= 0.6 is 11.3 Å². The van der Waals surface area contributed by atoms with Crippen LogP contribution in [0, 0.1) is 0 Å². The third-order valence-electron chi connectivity index (χ3n) is 2.49. The predicted octanol–water partition coefficient (Wildman–Crippen LogP) is 2.18. The number of rotatable bonds is 4. The van der Waals surface area contributed by atoms with E-state index in [4.69, 9.17) is 5.73 Å². The number of nitrogens with one attached hydrogen (secondary N) is 1. The van der Waals surface area contributed by atoms with Gasteiger partial charge in [-0.05, 0) is 17.0 Å². The summed E-state index contributed by atoms with van der Waals surface area (Å²) in [4.78, 5) is 11.7. The van der Waals surface area contributed by atoms with E-state index >= 15 is 0 Å². The second-order valence-corrected chi connectivity index (χ2v) is 4.52. The normalized spacial score (nSPS) is 12.1.